The summed E-state index contributed by atoms with van der Waals surface area (Å²) in [6.45, 7) is 0.204. The fourth-order valence-corrected chi connectivity index (χ4v) is 0.759. The van der Waals surface area contributed by atoms with Crippen LogP contribution in [0.25, 0.3) is 0 Å². The van der Waals surface area contributed by atoms with Crippen molar-refractivity contribution in [1.29, 1.82) is 0 Å². The zero-order valence-electron chi connectivity index (χ0n) is 6.48. The van der Waals surface area contributed by atoms with Gasteiger partial charge in [-0.25, -0.2) is 0 Å². The van der Waals surface area contributed by atoms with Crippen LogP contribution in [0.1, 0.15) is 0 Å². The minimum Gasteiger partial charge on any atom is -0.489 e. The van der Waals surface area contributed by atoms with Gasteiger partial charge in [0.25, 0.3) is 0 Å². The van der Waals surface area contributed by atoms with Gasteiger partial charge in [-0.3, -0.25) is 4.98 Å². The Morgan fingerprint density at radius 3 is 3.08 bits per heavy atom. The first-order valence-corrected chi connectivity index (χ1v) is 4.13. The van der Waals surface area contributed by atoms with Crippen molar-refractivity contribution >= 4 is 11.6 Å². The number of halogens is 1. The molecule has 1 aromatic rings. The van der Waals surface area contributed by atoms with Crippen molar-refractivity contribution < 1.29 is 9.84 Å². The van der Waals surface area contributed by atoms with Crippen LogP contribution in [0, 0.1) is 0 Å². The molecule has 0 aliphatic rings. The number of hydrogen-bond donors (Lipinski definition) is 1. The van der Waals surface area contributed by atoms with Gasteiger partial charge < -0.3 is 9.84 Å². The highest BCUT2D eigenvalue weighted by Crippen LogP contribution is 2.06. The van der Waals surface area contributed by atoms with Gasteiger partial charge >= 0.3 is 0 Å². The maximum Gasteiger partial charge on any atom is 0.137 e. The monoisotopic (exact) mass is 187 g/mol. The second-order valence-electron chi connectivity index (χ2n) is 2.31. The molecule has 66 valence electrons. The Morgan fingerprint density at radius 1 is 1.67 bits per heavy atom. The zero-order chi connectivity index (χ0) is 8.81. The lowest BCUT2D eigenvalue weighted by Gasteiger charge is -2.08. The van der Waals surface area contributed by atoms with Crippen LogP contribution >= 0.6 is 11.6 Å². The summed E-state index contributed by atoms with van der Waals surface area (Å²) in [5.41, 5.74) is 0. The summed E-state index contributed by atoms with van der Waals surface area (Å²) < 4.78 is 5.16. The molecule has 1 aromatic heterocycles. The molecule has 3 nitrogen and oxygen atoms in total. The lowest BCUT2D eigenvalue weighted by atomic mass is 10.4. The van der Waals surface area contributed by atoms with Gasteiger partial charge in [0.1, 0.15) is 18.5 Å². The maximum absolute atomic E-state index is 9.04. The lowest BCUT2D eigenvalue weighted by molar-refractivity contribution is 0.125. The van der Waals surface area contributed by atoms with E-state index in [1.165, 1.54) is 0 Å². The molecule has 0 amide bonds. The minimum absolute atomic E-state index is 0.181. The van der Waals surface area contributed by atoms with Crippen molar-refractivity contribution in [1.82, 2.24) is 4.98 Å². The van der Waals surface area contributed by atoms with E-state index in [-0.39, 0.29) is 12.5 Å². The summed E-state index contributed by atoms with van der Waals surface area (Å²) in [6, 6.07) is 3.54. The zero-order valence-corrected chi connectivity index (χ0v) is 7.24. The molecule has 12 heavy (non-hydrogen) atoms. The van der Waals surface area contributed by atoms with Gasteiger partial charge in [0.2, 0.25) is 0 Å². The second kappa shape index (κ2) is 4.95. The van der Waals surface area contributed by atoms with E-state index in [9.17, 15) is 0 Å². The first kappa shape index (κ1) is 9.29. The van der Waals surface area contributed by atoms with Crippen molar-refractivity contribution in [3.63, 3.8) is 0 Å². The highest BCUT2D eigenvalue weighted by Gasteiger charge is 2.01. The number of aliphatic hydroxyl groups is 1. The summed E-state index contributed by atoms with van der Waals surface area (Å²) in [4.78, 5) is 3.85. The smallest absolute Gasteiger partial charge is 0.137 e. The Morgan fingerprint density at radius 2 is 2.50 bits per heavy atom. The van der Waals surface area contributed by atoms with Crippen LogP contribution < -0.4 is 4.74 Å². The standard InChI is InChI=1S/C8H10ClNO2/c9-4-7(11)6-12-8-2-1-3-10-5-8/h1-3,5,7,11H,4,6H2. The molecule has 0 radical (unpaired) electrons. The molecule has 0 fully saturated rings. The molecule has 1 heterocycles. The van der Waals surface area contributed by atoms with Gasteiger partial charge in [-0.2, -0.15) is 0 Å². The Balaban J connectivity index is 2.33. The molecule has 0 saturated carbocycles. The van der Waals surface area contributed by atoms with Gasteiger partial charge in [-0.1, -0.05) is 0 Å². The molecule has 0 spiro atoms. The average Bonchev–Trinajstić information content (AvgIpc) is 2.16. The summed E-state index contributed by atoms with van der Waals surface area (Å²) >= 11 is 5.37. The van der Waals surface area contributed by atoms with Gasteiger partial charge in [0, 0.05) is 6.20 Å². The van der Waals surface area contributed by atoms with E-state index in [1.807, 2.05) is 0 Å². The topological polar surface area (TPSA) is 42.4 Å². The molecular formula is C8H10ClNO2. The molecule has 0 aliphatic heterocycles. The number of alkyl halides is 1. The van der Waals surface area contributed by atoms with Crippen LogP contribution in [-0.2, 0) is 0 Å². The van der Waals surface area contributed by atoms with Crippen LogP contribution in [-0.4, -0.2) is 28.7 Å². The van der Waals surface area contributed by atoms with Gasteiger partial charge in [-0.15, -0.1) is 11.6 Å². The Kier molecular flexibility index (Phi) is 3.84. The van der Waals surface area contributed by atoms with E-state index in [4.69, 9.17) is 21.4 Å². The van der Waals surface area contributed by atoms with Crippen molar-refractivity contribution in [2.75, 3.05) is 12.5 Å². The van der Waals surface area contributed by atoms with Crippen LogP contribution in [0.5, 0.6) is 5.75 Å². The SMILES string of the molecule is OC(CCl)COc1cccnc1. The number of aromatic nitrogens is 1. The number of pyridine rings is 1. The van der Waals surface area contributed by atoms with E-state index < -0.39 is 6.10 Å². The van der Waals surface area contributed by atoms with Gasteiger partial charge in [0.05, 0.1) is 12.1 Å². The summed E-state index contributed by atoms with van der Waals surface area (Å²) in [6.07, 6.45) is 2.62. The summed E-state index contributed by atoms with van der Waals surface area (Å²) in [5.74, 6) is 0.821. The fourth-order valence-electron chi connectivity index (χ4n) is 0.669. The van der Waals surface area contributed by atoms with Crippen LogP contribution in [0.15, 0.2) is 24.5 Å². The minimum atomic E-state index is -0.619. The number of rotatable bonds is 4. The normalized spacial score (nSPS) is 12.5. The Labute approximate surface area is 76.0 Å². The maximum atomic E-state index is 9.04. The molecule has 0 bridgehead atoms. The third-order valence-corrected chi connectivity index (χ3v) is 1.61. The van der Waals surface area contributed by atoms with Crippen LogP contribution in [0.3, 0.4) is 0 Å². The largest absolute Gasteiger partial charge is 0.489 e. The molecular weight excluding hydrogens is 178 g/mol. The highest BCUT2D eigenvalue weighted by atomic mass is 35.5. The predicted molar refractivity (Wildman–Crippen MR) is 46.5 cm³/mol. The molecule has 0 saturated heterocycles. The van der Waals surface area contributed by atoms with Crippen LogP contribution in [0.2, 0.25) is 0 Å². The van der Waals surface area contributed by atoms with Crippen molar-refractivity contribution in [3.05, 3.63) is 24.5 Å². The predicted octanol–water partition coefficient (Wildman–Crippen LogP) is 1.06. The lowest BCUT2D eigenvalue weighted by Crippen LogP contribution is -2.18. The van der Waals surface area contributed by atoms with Crippen molar-refractivity contribution in [3.8, 4) is 5.75 Å². The van der Waals surface area contributed by atoms with E-state index >= 15 is 0 Å². The summed E-state index contributed by atoms with van der Waals surface area (Å²) in [7, 11) is 0. The molecule has 0 aromatic carbocycles. The first-order valence-electron chi connectivity index (χ1n) is 3.60. The van der Waals surface area contributed by atoms with E-state index in [1.54, 1.807) is 24.5 Å². The third kappa shape index (κ3) is 3.07. The van der Waals surface area contributed by atoms with Gasteiger partial charge in [0.15, 0.2) is 0 Å². The highest BCUT2D eigenvalue weighted by molar-refractivity contribution is 6.18. The second-order valence-corrected chi connectivity index (χ2v) is 2.62. The Bertz CT molecular complexity index is 218. The fraction of sp³-hybridized carbons (Fsp3) is 0.375. The van der Waals surface area contributed by atoms with E-state index in [0.29, 0.717) is 5.75 Å². The Hall–Kier alpha value is -0.800. The number of aliphatic hydroxyl groups excluding tert-OH is 1. The molecule has 1 N–H and O–H groups in total. The quantitative estimate of drug-likeness (QED) is 0.717. The number of hydrogen-bond acceptors (Lipinski definition) is 3. The van der Waals surface area contributed by atoms with Gasteiger partial charge in [-0.05, 0) is 12.1 Å². The molecule has 4 heteroatoms. The molecule has 1 rings (SSSR count). The molecule has 1 atom stereocenters. The summed E-state index contributed by atoms with van der Waals surface area (Å²) in [5, 5.41) is 9.04. The van der Waals surface area contributed by atoms with Crippen molar-refractivity contribution in [2.45, 2.75) is 6.10 Å². The molecule has 0 aliphatic carbocycles. The van der Waals surface area contributed by atoms with Crippen molar-refractivity contribution in [2.24, 2.45) is 0 Å². The number of nitrogens with zero attached hydrogens (tertiary/aromatic N) is 1. The molecule has 1 unspecified atom stereocenters. The van der Waals surface area contributed by atoms with E-state index in [0.717, 1.165) is 0 Å². The van der Waals surface area contributed by atoms with E-state index in [2.05, 4.69) is 4.98 Å². The van der Waals surface area contributed by atoms with Crippen LogP contribution in [0.4, 0.5) is 0 Å². The average molecular weight is 188 g/mol. The number of ether oxygens (including phenoxy) is 1. The third-order valence-electron chi connectivity index (χ3n) is 1.25. The first-order chi connectivity index (χ1) is 5.83.